The van der Waals surface area contributed by atoms with E-state index in [4.69, 9.17) is 11.6 Å². The number of fused-ring (bicyclic) bond motifs is 1. The first-order chi connectivity index (χ1) is 9.85. The first-order valence-electron chi connectivity index (χ1n) is 6.58. The molecule has 0 aliphatic carbocycles. The van der Waals surface area contributed by atoms with Crippen molar-refractivity contribution in [3.8, 4) is 0 Å². The van der Waals surface area contributed by atoms with E-state index in [-0.39, 0.29) is 23.5 Å². The molecule has 0 fully saturated rings. The maximum atomic E-state index is 13.8. The SMILES string of the molecule is CCN(C)C(=O)Cn1c(C(C)Cl)nc2c(F)cc(F)cc21. The van der Waals surface area contributed by atoms with E-state index < -0.39 is 17.0 Å². The minimum Gasteiger partial charge on any atom is -0.344 e. The summed E-state index contributed by atoms with van der Waals surface area (Å²) in [6.07, 6.45) is 0. The maximum absolute atomic E-state index is 13.8. The van der Waals surface area contributed by atoms with Crippen LogP contribution in [0, 0.1) is 11.6 Å². The summed E-state index contributed by atoms with van der Waals surface area (Å²) in [5.41, 5.74) is 0.249. The number of halogens is 3. The predicted molar refractivity (Wildman–Crippen MR) is 77.2 cm³/mol. The van der Waals surface area contributed by atoms with Gasteiger partial charge in [-0.25, -0.2) is 13.8 Å². The molecule has 1 unspecified atom stereocenters. The lowest BCUT2D eigenvalue weighted by molar-refractivity contribution is -0.130. The van der Waals surface area contributed by atoms with Gasteiger partial charge in [-0.1, -0.05) is 0 Å². The third kappa shape index (κ3) is 3.00. The van der Waals surface area contributed by atoms with Gasteiger partial charge in [0.1, 0.15) is 23.7 Å². The van der Waals surface area contributed by atoms with Gasteiger partial charge in [0, 0.05) is 19.7 Å². The number of carbonyl (C=O) groups is 1. The Morgan fingerprint density at radius 2 is 2.14 bits per heavy atom. The predicted octanol–water partition coefficient (Wildman–Crippen LogP) is 3.09. The average molecular weight is 316 g/mol. The molecule has 2 aromatic rings. The van der Waals surface area contributed by atoms with Gasteiger partial charge >= 0.3 is 0 Å². The molecule has 1 aromatic carbocycles. The molecule has 0 saturated heterocycles. The molecule has 1 aromatic heterocycles. The molecule has 1 heterocycles. The maximum Gasteiger partial charge on any atom is 0.242 e. The van der Waals surface area contributed by atoms with Crippen LogP contribution in [-0.4, -0.2) is 34.0 Å². The Labute approximate surface area is 126 Å². The van der Waals surface area contributed by atoms with Crippen LogP contribution in [0.4, 0.5) is 8.78 Å². The standard InChI is InChI=1S/C14H16ClF2N3O/c1-4-19(3)12(21)7-20-11-6-9(16)5-10(17)13(11)18-14(20)8(2)15/h5-6,8H,4,7H2,1-3H3. The molecular weight excluding hydrogens is 300 g/mol. The number of benzene rings is 1. The van der Waals surface area contributed by atoms with E-state index in [1.807, 2.05) is 6.92 Å². The first kappa shape index (κ1) is 15.7. The lowest BCUT2D eigenvalue weighted by Crippen LogP contribution is -2.30. The second-order valence-corrected chi connectivity index (χ2v) is 5.49. The second-order valence-electron chi connectivity index (χ2n) is 4.84. The van der Waals surface area contributed by atoms with Gasteiger partial charge in [0.05, 0.1) is 10.9 Å². The lowest BCUT2D eigenvalue weighted by Gasteiger charge is -2.17. The normalized spacial score (nSPS) is 12.7. The van der Waals surface area contributed by atoms with E-state index >= 15 is 0 Å². The molecule has 114 valence electrons. The zero-order valence-electron chi connectivity index (χ0n) is 12.0. The Balaban J connectivity index is 2.58. The number of aromatic nitrogens is 2. The summed E-state index contributed by atoms with van der Waals surface area (Å²) >= 11 is 6.04. The van der Waals surface area contributed by atoms with E-state index in [0.29, 0.717) is 12.4 Å². The van der Waals surface area contributed by atoms with Crippen LogP contribution in [0.15, 0.2) is 12.1 Å². The van der Waals surface area contributed by atoms with Crippen molar-refractivity contribution < 1.29 is 13.6 Å². The number of rotatable bonds is 4. The van der Waals surface area contributed by atoms with E-state index in [0.717, 1.165) is 12.1 Å². The van der Waals surface area contributed by atoms with Crippen molar-refractivity contribution in [3.63, 3.8) is 0 Å². The molecule has 0 bridgehead atoms. The van der Waals surface area contributed by atoms with Gasteiger partial charge in [0.2, 0.25) is 5.91 Å². The van der Waals surface area contributed by atoms with E-state index in [1.54, 1.807) is 14.0 Å². The molecule has 1 atom stereocenters. The minimum absolute atomic E-state index is 0.0193. The van der Waals surface area contributed by atoms with Crippen LogP contribution in [0.3, 0.4) is 0 Å². The number of likely N-dealkylation sites (N-methyl/N-ethyl adjacent to an activating group) is 1. The highest BCUT2D eigenvalue weighted by atomic mass is 35.5. The van der Waals surface area contributed by atoms with Crippen molar-refractivity contribution in [2.75, 3.05) is 13.6 Å². The molecule has 0 saturated carbocycles. The zero-order chi connectivity index (χ0) is 15.7. The van der Waals surface area contributed by atoms with E-state index in [1.165, 1.54) is 9.47 Å². The van der Waals surface area contributed by atoms with Gasteiger partial charge in [-0.3, -0.25) is 4.79 Å². The number of nitrogens with zero attached hydrogens (tertiary/aromatic N) is 3. The quantitative estimate of drug-likeness (QED) is 0.813. The fraction of sp³-hybridized carbons (Fsp3) is 0.429. The summed E-state index contributed by atoms with van der Waals surface area (Å²) in [6, 6.07) is 1.93. The van der Waals surface area contributed by atoms with Gasteiger partial charge in [0.25, 0.3) is 0 Å². The van der Waals surface area contributed by atoms with Gasteiger partial charge in [-0.2, -0.15) is 0 Å². The van der Waals surface area contributed by atoms with Crippen LogP contribution in [0.5, 0.6) is 0 Å². The fourth-order valence-corrected chi connectivity index (χ4v) is 2.24. The van der Waals surface area contributed by atoms with E-state index in [9.17, 15) is 13.6 Å². The van der Waals surface area contributed by atoms with E-state index in [2.05, 4.69) is 4.98 Å². The molecular formula is C14H16ClF2N3O. The smallest absolute Gasteiger partial charge is 0.242 e. The molecule has 0 aliphatic heterocycles. The molecule has 0 N–H and O–H groups in total. The largest absolute Gasteiger partial charge is 0.344 e. The number of imidazole rings is 1. The summed E-state index contributed by atoms with van der Waals surface area (Å²) in [5.74, 6) is -1.32. The number of hydrogen-bond acceptors (Lipinski definition) is 2. The van der Waals surface area contributed by atoms with Crippen molar-refractivity contribution >= 4 is 28.5 Å². The summed E-state index contributed by atoms with van der Waals surface area (Å²) in [5, 5.41) is -0.528. The molecule has 2 rings (SSSR count). The van der Waals surface area contributed by atoms with Crippen molar-refractivity contribution in [1.82, 2.24) is 14.5 Å². The molecule has 4 nitrogen and oxygen atoms in total. The number of amides is 1. The summed E-state index contributed by atoms with van der Waals surface area (Å²) in [4.78, 5) is 17.7. The Kier molecular flexibility index (Phi) is 4.46. The van der Waals surface area contributed by atoms with Gasteiger partial charge in [-0.15, -0.1) is 11.6 Å². The number of hydrogen-bond donors (Lipinski definition) is 0. The fourth-order valence-electron chi connectivity index (χ4n) is 2.07. The minimum atomic E-state index is -0.765. The van der Waals surface area contributed by atoms with Crippen molar-refractivity contribution in [2.45, 2.75) is 25.8 Å². The van der Waals surface area contributed by atoms with Crippen molar-refractivity contribution in [3.05, 3.63) is 29.6 Å². The second kappa shape index (κ2) is 5.97. The monoisotopic (exact) mass is 315 g/mol. The highest BCUT2D eigenvalue weighted by molar-refractivity contribution is 6.20. The molecule has 0 spiro atoms. The first-order valence-corrected chi connectivity index (χ1v) is 7.02. The van der Waals surface area contributed by atoms with Crippen LogP contribution in [0.2, 0.25) is 0 Å². The van der Waals surface area contributed by atoms with Crippen molar-refractivity contribution in [1.29, 1.82) is 0 Å². The van der Waals surface area contributed by atoms with Crippen LogP contribution in [0.1, 0.15) is 25.0 Å². The van der Waals surface area contributed by atoms with Gasteiger partial charge in [0.15, 0.2) is 5.82 Å². The van der Waals surface area contributed by atoms with Crippen molar-refractivity contribution in [2.24, 2.45) is 0 Å². The zero-order valence-corrected chi connectivity index (χ0v) is 12.8. The highest BCUT2D eigenvalue weighted by Crippen LogP contribution is 2.27. The third-order valence-electron chi connectivity index (χ3n) is 3.35. The molecule has 21 heavy (non-hydrogen) atoms. The Morgan fingerprint density at radius 1 is 1.48 bits per heavy atom. The Hall–Kier alpha value is -1.69. The van der Waals surface area contributed by atoms with Gasteiger partial charge in [-0.05, 0) is 19.9 Å². The Bertz CT molecular complexity index is 684. The van der Waals surface area contributed by atoms with Gasteiger partial charge < -0.3 is 9.47 Å². The van der Waals surface area contributed by atoms with Crippen LogP contribution >= 0.6 is 11.6 Å². The Morgan fingerprint density at radius 3 is 2.71 bits per heavy atom. The summed E-state index contributed by atoms with van der Waals surface area (Å²) < 4.78 is 28.7. The third-order valence-corrected chi connectivity index (χ3v) is 3.55. The van der Waals surface area contributed by atoms with Crippen LogP contribution in [-0.2, 0) is 11.3 Å². The molecule has 1 amide bonds. The lowest BCUT2D eigenvalue weighted by atomic mass is 10.3. The number of alkyl halides is 1. The summed E-state index contributed by atoms with van der Waals surface area (Å²) in [6.45, 7) is 3.99. The summed E-state index contributed by atoms with van der Waals surface area (Å²) in [7, 11) is 1.66. The topological polar surface area (TPSA) is 38.1 Å². The number of carbonyl (C=O) groups excluding carboxylic acids is 1. The average Bonchev–Trinajstić information content (AvgIpc) is 2.77. The molecule has 7 heteroatoms. The molecule has 0 aliphatic rings. The van der Waals surface area contributed by atoms with Crippen LogP contribution in [0.25, 0.3) is 11.0 Å². The highest BCUT2D eigenvalue weighted by Gasteiger charge is 2.21. The molecule has 0 radical (unpaired) electrons. The van der Waals surface area contributed by atoms with Crippen LogP contribution < -0.4 is 0 Å².